The van der Waals surface area contributed by atoms with Crippen LogP contribution in [0.5, 0.6) is 0 Å². The fraction of sp³-hybridized carbons (Fsp3) is 0.950. The summed E-state index contributed by atoms with van der Waals surface area (Å²) in [4.78, 5) is 12.4. The van der Waals surface area contributed by atoms with Crippen molar-refractivity contribution in [1.82, 2.24) is 5.32 Å². The molecule has 11 N–H and O–H groups in total. The van der Waals surface area contributed by atoms with Crippen LogP contribution in [0, 0.1) is 0 Å². The Bertz CT molecular complexity index is 619. The van der Waals surface area contributed by atoms with Gasteiger partial charge >= 0.3 is 0 Å². The minimum Gasteiger partial charge on any atom is -0.388 e. The van der Waals surface area contributed by atoms with Crippen molar-refractivity contribution in [3.05, 3.63) is 0 Å². The third kappa shape index (κ3) is 6.58. The van der Waals surface area contributed by atoms with Gasteiger partial charge in [0.25, 0.3) is 0 Å². The van der Waals surface area contributed by atoms with E-state index in [0.29, 0.717) is 13.0 Å². The van der Waals surface area contributed by atoms with Gasteiger partial charge in [0.15, 0.2) is 6.29 Å². The maximum Gasteiger partial charge on any atom is 0.225 e. The summed E-state index contributed by atoms with van der Waals surface area (Å²) in [6.45, 7) is 9.64. The van der Waals surface area contributed by atoms with Crippen molar-refractivity contribution >= 4 is 5.91 Å². The van der Waals surface area contributed by atoms with Crippen molar-refractivity contribution in [3.63, 3.8) is 0 Å². The number of nitrogens with one attached hydrogen (secondary N) is 1. The molecule has 1 amide bonds. The van der Waals surface area contributed by atoms with Crippen LogP contribution >= 0.6 is 0 Å². The lowest BCUT2D eigenvalue weighted by Crippen LogP contribution is -2.68. The summed E-state index contributed by atoms with van der Waals surface area (Å²) >= 11 is 0. The summed E-state index contributed by atoms with van der Waals surface area (Å²) in [5.74, 6) is -0.208. The molecule has 4 unspecified atom stereocenters. The second-order valence-electron chi connectivity index (χ2n) is 8.82. The molecule has 10 atom stereocenters. The summed E-state index contributed by atoms with van der Waals surface area (Å²) in [5.41, 5.74) is 17.3. The number of aliphatic hydroxyl groups is 4. The lowest BCUT2D eigenvalue weighted by molar-refractivity contribution is -0.922. The molecule has 0 spiro atoms. The standard InChI is InChI=1S/C20H41N5O8/c1-4-25(5-2,6-3)8-7-11(26)24-9-10-13(27)14(28)12(21)20(31-10)32-17-15(29)16(30)18(22)33-19(17)23/h10,12-20,27-30H,4-9,21-23H2,1-3H3/p+1/t10?,12?,13-,14-,15-,16?,17+,18-,19?,20-/m1/s1. The lowest BCUT2D eigenvalue weighted by Gasteiger charge is -2.45. The second kappa shape index (κ2) is 12.1. The van der Waals surface area contributed by atoms with Gasteiger partial charge in [-0.1, -0.05) is 0 Å². The van der Waals surface area contributed by atoms with Gasteiger partial charge in [0.2, 0.25) is 5.91 Å². The molecular formula is C20H42N5O8+. The zero-order chi connectivity index (χ0) is 24.9. The van der Waals surface area contributed by atoms with Crippen molar-refractivity contribution in [2.45, 2.75) is 88.6 Å². The monoisotopic (exact) mass is 480 g/mol. The summed E-state index contributed by atoms with van der Waals surface area (Å²) < 4.78 is 17.3. The van der Waals surface area contributed by atoms with Gasteiger partial charge < -0.3 is 61.6 Å². The molecule has 2 aliphatic rings. The molecule has 0 aromatic carbocycles. The zero-order valence-electron chi connectivity index (χ0n) is 19.6. The van der Waals surface area contributed by atoms with Crippen molar-refractivity contribution < 1.29 is 43.9 Å². The number of nitrogens with two attached hydrogens (primary N) is 3. The van der Waals surface area contributed by atoms with E-state index in [2.05, 4.69) is 26.1 Å². The minimum absolute atomic E-state index is 0.0860. The van der Waals surface area contributed by atoms with Crippen LogP contribution in [0.4, 0.5) is 0 Å². The Morgan fingerprint density at radius 1 is 0.909 bits per heavy atom. The van der Waals surface area contributed by atoms with E-state index in [0.717, 1.165) is 24.1 Å². The van der Waals surface area contributed by atoms with Crippen LogP contribution in [0.25, 0.3) is 0 Å². The number of rotatable bonds is 10. The number of aliphatic hydroxyl groups excluding tert-OH is 4. The average molecular weight is 481 g/mol. The van der Waals surface area contributed by atoms with Crippen molar-refractivity contribution in [1.29, 1.82) is 0 Å². The molecule has 2 aliphatic heterocycles. The maximum atomic E-state index is 12.4. The Morgan fingerprint density at radius 2 is 1.52 bits per heavy atom. The molecule has 2 heterocycles. The highest BCUT2D eigenvalue weighted by atomic mass is 16.7. The number of carbonyl (C=O) groups is 1. The van der Waals surface area contributed by atoms with Crippen molar-refractivity contribution in [2.24, 2.45) is 17.2 Å². The molecule has 13 heteroatoms. The Morgan fingerprint density at radius 3 is 2.09 bits per heavy atom. The smallest absolute Gasteiger partial charge is 0.225 e. The van der Waals surface area contributed by atoms with Gasteiger partial charge in [0.05, 0.1) is 38.6 Å². The lowest BCUT2D eigenvalue weighted by atomic mass is 9.96. The molecule has 0 aliphatic carbocycles. The molecule has 194 valence electrons. The van der Waals surface area contributed by atoms with Gasteiger partial charge in [-0.3, -0.25) is 4.79 Å². The third-order valence-electron chi connectivity index (χ3n) is 7.03. The summed E-state index contributed by atoms with van der Waals surface area (Å²) in [7, 11) is 0. The fourth-order valence-electron chi connectivity index (χ4n) is 4.27. The summed E-state index contributed by atoms with van der Waals surface area (Å²) in [5, 5.41) is 43.7. The van der Waals surface area contributed by atoms with E-state index < -0.39 is 61.4 Å². The van der Waals surface area contributed by atoms with Gasteiger partial charge in [-0.05, 0) is 20.8 Å². The molecule has 0 aromatic heterocycles. The maximum absolute atomic E-state index is 12.4. The first-order valence-corrected chi connectivity index (χ1v) is 11.6. The van der Waals surface area contributed by atoms with E-state index in [1.807, 2.05) is 0 Å². The number of carbonyl (C=O) groups excluding carboxylic acids is 1. The predicted octanol–water partition coefficient (Wildman–Crippen LogP) is -4.15. The van der Waals surface area contributed by atoms with E-state index >= 15 is 0 Å². The molecule has 13 nitrogen and oxygen atoms in total. The highest BCUT2D eigenvalue weighted by Crippen LogP contribution is 2.26. The number of hydrogen-bond donors (Lipinski definition) is 8. The molecule has 0 radical (unpaired) electrons. The number of hydrogen-bond acceptors (Lipinski definition) is 11. The van der Waals surface area contributed by atoms with Crippen LogP contribution in [0.3, 0.4) is 0 Å². The van der Waals surface area contributed by atoms with Gasteiger partial charge in [0, 0.05) is 6.54 Å². The molecule has 0 aromatic rings. The van der Waals surface area contributed by atoms with Gasteiger partial charge in [-0.2, -0.15) is 0 Å². The van der Waals surface area contributed by atoms with Crippen LogP contribution in [-0.2, 0) is 19.0 Å². The summed E-state index contributed by atoms with van der Waals surface area (Å²) in [6.07, 6.45) is -11.4. The third-order valence-corrected chi connectivity index (χ3v) is 7.03. The van der Waals surface area contributed by atoms with Crippen molar-refractivity contribution in [2.75, 3.05) is 32.7 Å². The molecular weight excluding hydrogens is 438 g/mol. The molecule has 2 saturated heterocycles. The highest BCUT2D eigenvalue weighted by Gasteiger charge is 2.48. The first-order chi connectivity index (χ1) is 15.5. The number of quaternary nitrogens is 1. The summed E-state index contributed by atoms with van der Waals surface area (Å²) in [6, 6.07) is -1.18. The van der Waals surface area contributed by atoms with Crippen LogP contribution < -0.4 is 22.5 Å². The second-order valence-corrected chi connectivity index (χ2v) is 8.82. The van der Waals surface area contributed by atoms with Crippen LogP contribution in [-0.4, -0.2) is 125 Å². The van der Waals surface area contributed by atoms with Crippen LogP contribution in [0.15, 0.2) is 0 Å². The first kappa shape index (κ1) is 28.3. The van der Waals surface area contributed by atoms with Crippen LogP contribution in [0.1, 0.15) is 27.2 Å². The topological polar surface area (TPSA) is 216 Å². The largest absolute Gasteiger partial charge is 0.388 e. The Kier molecular flexibility index (Phi) is 10.4. The number of ether oxygens (including phenoxy) is 3. The van der Waals surface area contributed by atoms with Crippen LogP contribution in [0.2, 0.25) is 0 Å². The quantitative estimate of drug-likeness (QED) is 0.140. The number of nitrogens with zero attached hydrogens (tertiary/aromatic N) is 1. The van der Waals surface area contributed by atoms with Gasteiger partial charge in [-0.25, -0.2) is 0 Å². The molecule has 0 saturated carbocycles. The fourth-order valence-corrected chi connectivity index (χ4v) is 4.27. The number of amides is 1. The van der Waals surface area contributed by atoms with E-state index in [4.69, 9.17) is 31.4 Å². The Labute approximate surface area is 194 Å². The van der Waals surface area contributed by atoms with Gasteiger partial charge in [0.1, 0.15) is 49.1 Å². The molecule has 0 bridgehead atoms. The first-order valence-electron chi connectivity index (χ1n) is 11.6. The van der Waals surface area contributed by atoms with Gasteiger partial charge in [-0.15, -0.1) is 0 Å². The average Bonchev–Trinajstić information content (AvgIpc) is 2.80. The van der Waals surface area contributed by atoms with E-state index in [9.17, 15) is 25.2 Å². The molecule has 2 fully saturated rings. The van der Waals surface area contributed by atoms with E-state index in [1.54, 1.807) is 0 Å². The van der Waals surface area contributed by atoms with E-state index in [1.165, 1.54) is 0 Å². The molecule has 2 rings (SSSR count). The van der Waals surface area contributed by atoms with E-state index in [-0.39, 0.29) is 12.5 Å². The Hall–Kier alpha value is -0.970. The van der Waals surface area contributed by atoms with Crippen molar-refractivity contribution in [3.8, 4) is 0 Å². The predicted molar refractivity (Wildman–Crippen MR) is 117 cm³/mol. The Balaban J connectivity index is 1.96. The minimum atomic E-state index is -1.49. The SMILES string of the molecule is CC[N+](CC)(CC)CCC(=O)NCC1O[C@H](O[C@@H]2C(N)O[C@@H](N)C(O)[C@H]2O)C(N)[C@@H](O)[C@@H]1O. The zero-order valence-corrected chi connectivity index (χ0v) is 19.6. The normalized spacial score (nSPS) is 39.9. The molecule has 33 heavy (non-hydrogen) atoms. The highest BCUT2D eigenvalue weighted by molar-refractivity contribution is 5.75.